The Morgan fingerprint density at radius 1 is 0.833 bits per heavy atom. The molecule has 1 N–H and O–H groups in total. The van der Waals surface area contributed by atoms with Gasteiger partial charge in [0.05, 0.1) is 23.6 Å². The summed E-state index contributed by atoms with van der Waals surface area (Å²) in [7, 11) is 1.97. The quantitative estimate of drug-likeness (QED) is 0.148. The molecule has 6 heteroatoms. The smallest absolute Gasteiger partial charge is 0.253 e. The first-order valence-corrected chi connectivity index (χ1v) is 17.1. The van der Waals surface area contributed by atoms with Crippen molar-refractivity contribution in [3.05, 3.63) is 137 Å². The molecule has 250 valence electrons. The summed E-state index contributed by atoms with van der Waals surface area (Å²) >= 11 is 0. The summed E-state index contributed by atoms with van der Waals surface area (Å²) in [6, 6.07) is 34.8. The van der Waals surface area contributed by atoms with Gasteiger partial charge >= 0.3 is 0 Å². The van der Waals surface area contributed by atoms with Crippen LogP contribution in [0.25, 0.3) is 5.57 Å². The molecule has 0 radical (unpaired) electrons. The monoisotopic (exact) mass is 643 g/mol. The maximum absolute atomic E-state index is 13.2. The molecule has 1 atom stereocenters. The molecule has 1 amide bonds. The first-order chi connectivity index (χ1) is 23.1. The van der Waals surface area contributed by atoms with Gasteiger partial charge in [-0.3, -0.25) is 4.79 Å². The van der Waals surface area contributed by atoms with E-state index in [0.717, 1.165) is 57.9 Å². The zero-order valence-corrected chi connectivity index (χ0v) is 29.3. The Balaban J connectivity index is 1.62. The molecule has 1 aliphatic rings. The van der Waals surface area contributed by atoms with E-state index in [1.807, 2.05) is 86.5 Å². The highest BCUT2D eigenvalue weighted by atomic mass is 16.5. The summed E-state index contributed by atoms with van der Waals surface area (Å²) in [5.74, 6) is 0.851. The van der Waals surface area contributed by atoms with Crippen molar-refractivity contribution in [3.63, 3.8) is 0 Å². The maximum Gasteiger partial charge on any atom is 0.253 e. The molecule has 0 spiro atoms. The van der Waals surface area contributed by atoms with E-state index in [1.54, 1.807) is 0 Å². The van der Waals surface area contributed by atoms with Gasteiger partial charge in [-0.2, -0.15) is 0 Å². The summed E-state index contributed by atoms with van der Waals surface area (Å²) in [5, 5.41) is 3.32. The predicted molar refractivity (Wildman–Crippen MR) is 198 cm³/mol. The van der Waals surface area contributed by atoms with Gasteiger partial charge < -0.3 is 19.7 Å². The van der Waals surface area contributed by atoms with Crippen molar-refractivity contribution in [2.45, 2.75) is 58.7 Å². The number of carbonyl (C=O) groups is 1. The van der Waals surface area contributed by atoms with Gasteiger partial charge in [0.25, 0.3) is 5.91 Å². The van der Waals surface area contributed by atoms with Crippen molar-refractivity contribution in [2.75, 3.05) is 33.3 Å². The van der Waals surface area contributed by atoms with Crippen LogP contribution in [0.1, 0.15) is 80.1 Å². The third-order valence-corrected chi connectivity index (χ3v) is 8.66. The van der Waals surface area contributed by atoms with Crippen molar-refractivity contribution >= 4 is 22.9 Å². The number of amides is 1. The number of nitrogens with one attached hydrogen (secondary N) is 1. The van der Waals surface area contributed by atoms with E-state index in [2.05, 4.69) is 74.6 Å². The average Bonchev–Trinajstić information content (AvgIpc) is 3.10. The molecule has 0 saturated carbocycles. The summed E-state index contributed by atoms with van der Waals surface area (Å²) in [6.07, 6.45) is 3.73. The lowest BCUT2D eigenvalue weighted by Gasteiger charge is -2.38. The van der Waals surface area contributed by atoms with Crippen LogP contribution in [0.4, 0.5) is 5.69 Å². The van der Waals surface area contributed by atoms with Gasteiger partial charge in [-0.05, 0) is 95.8 Å². The molecular formula is C42H49N3O3. The number of fused-ring (bicyclic) bond motifs is 1. The van der Waals surface area contributed by atoms with E-state index in [0.29, 0.717) is 31.7 Å². The Bertz CT molecular complexity index is 1680. The van der Waals surface area contributed by atoms with Crippen molar-refractivity contribution in [1.29, 1.82) is 0 Å². The summed E-state index contributed by atoms with van der Waals surface area (Å²) in [5.41, 5.74) is 6.73. The first-order valence-electron chi connectivity index (χ1n) is 17.1. The third-order valence-electron chi connectivity index (χ3n) is 8.66. The molecular weight excluding hydrogens is 594 g/mol. The Morgan fingerprint density at radius 3 is 2.02 bits per heavy atom. The number of nitrogens with zero attached hydrogens (tertiary/aromatic N) is 2. The highest BCUT2D eigenvalue weighted by Gasteiger charge is 2.36. The molecule has 0 saturated heterocycles. The Morgan fingerprint density at radius 2 is 1.46 bits per heavy atom. The van der Waals surface area contributed by atoms with Crippen LogP contribution in [0.15, 0.2) is 114 Å². The molecule has 48 heavy (non-hydrogen) atoms. The van der Waals surface area contributed by atoms with Gasteiger partial charge in [0.2, 0.25) is 0 Å². The summed E-state index contributed by atoms with van der Waals surface area (Å²) in [4.78, 5) is 20.2. The van der Waals surface area contributed by atoms with Crippen LogP contribution < -0.4 is 10.1 Å². The van der Waals surface area contributed by atoms with Gasteiger partial charge in [0.15, 0.2) is 0 Å². The third kappa shape index (κ3) is 8.49. The fourth-order valence-electron chi connectivity index (χ4n) is 6.06. The zero-order chi connectivity index (χ0) is 34.1. The number of rotatable bonds is 13. The first kappa shape index (κ1) is 34.8. The van der Waals surface area contributed by atoms with Crippen molar-refractivity contribution in [2.24, 2.45) is 4.99 Å². The topological polar surface area (TPSA) is 63.2 Å². The Kier molecular flexibility index (Phi) is 11.3. The second-order valence-corrected chi connectivity index (χ2v) is 13.2. The molecule has 5 rings (SSSR count). The molecule has 1 unspecified atom stereocenters. The van der Waals surface area contributed by atoms with Gasteiger partial charge in [0, 0.05) is 48.2 Å². The Labute approximate surface area is 286 Å². The van der Waals surface area contributed by atoms with E-state index >= 15 is 0 Å². The van der Waals surface area contributed by atoms with Crippen LogP contribution in [0, 0.1) is 0 Å². The van der Waals surface area contributed by atoms with Crippen LogP contribution >= 0.6 is 0 Å². The fourth-order valence-corrected chi connectivity index (χ4v) is 6.06. The molecule has 0 aliphatic carbocycles. The standard InChI is InChI=1S/C42H49N3O3/c1-7-45(8-2)40(46)34-21-19-31(20-22-34)37-30-42(25-27-43-6,26-28-47-41(3,4)5)48-38-24-23-35(29-36(37)38)44-39(32-15-11-9-12-16-32)33-17-13-10-14-18-33/h9-24,29-30,43H,7-8,25-28H2,1-6H3. The van der Waals surface area contributed by atoms with Gasteiger partial charge in [-0.1, -0.05) is 72.8 Å². The zero-order valence-electron chi connectivity index (χ0n) is 29.3. The normalized spacial score (nSPS) is 15.6. The minimum atomic E-state index is -0.587. The number of benzene rings is 4. The molecule has 0 bridgehead atoms. The lowest BCUT2D eigenvalue weighted by Crippen LogP contribution is -2.41. The molecule has 6 nitrogen and oxygen atoms in total. The molecule has 0 fully saturated rings. The van der Waals surface area contributed by atoms with Crippen molar-refractivity contribution in [3.8, 4) is 5.75 Å². The van der Waals surface area contributed by atoms with Gasteiger partial charge in [-0.15, -0.1) is 0 Å². The fraction of sp³-hybridized carbons (Fsp3) is 0.333. The molecule has 1 heterocycles. The van der Waals surface area contributed by atoms with E-state index in [4.69, 9.17) is 14.5 Å². The maximum atomic E-state index is 13.2. The average molecular weight is 644 g/mol. The number of ether oxygens (including phenoxy) is 2. The summed E-state index contributed by atoms with van der Waals surface area (Å²) < 4.78 is 13.1. The summed E-state index contributed by atoms with van der Waals surface area (Å²) in [6.45, 7) is 12.9. The van der Waals surface area contributed by atoms with Crippen LogP contribution in [-0.4, -0.2) is 61.0 Å². The van der Waals surface area contributed by atoms with Crippen molar-refractivity contribution < 1.29 is 14.3 Å². The second kappa shape index (κ2) is 15.6. The second-order valence-electron chi connectivity index (χ2n) is 13.2. The molecule has 4 aromatic rings. The Hall–Kier alpha value is -4.52. The van der Waals surface area contributed by atoms with Crippen LogP contribution in [0.2, 0.25) is 0 Å². The van der Waals surface area contributed by atoms with Gasteiger partial charge in [0.1, 0.15) is 11.4 Å². The highest BCUT2D eigenvalue weighted by molar-refractivity contribution is 6.14. The minimum absolute atomic E-state index is 0.0431. The minimum Gasteiger partial charge on any atom is -0.482 e. The SMILES string of the molecule is CCN(CC)C(=O)c1ccc(C2=CC(CCNC)(CCOC(C)(C)C)Oc3ccc(N=C(c4ccccc4)c4ccccc4)cc32)cc1. The number of hydrogen-bond acceptors (Lipinski definition) is 5. The largest absolute Gasteiger partial charge is 0.482 e. The van der Waals surface area contributed by atoms with Crippen molar-refractivity contribution in [1.82, 2.24) is 10.2 Å². The molecule has 4 aromatic carbocycles. The number of carbonyl (C=O) groups excluding carboxylic acids is 1. The van der Waals surface area contributed by atoms with Gasteiger partial charge in [-0.25, -0.2) is 4.99 Å². The lowest BCUT2D eigenvalue weighted by molar-refractivity contribution is -0.0288. The lowest BCUT2D eigenvalue weighted by atomic mass is 9.84. The van der Waals surface area contributed by atoms with Crippen LogP contribution in [0.5, 0.6) is 5.75 Å². The highest BCUT2D eigenvalue weighted by Crippen LogP contribution is 2.44. The van der Waals surface area contributed by atoms with E-state index in [-0.39, 0.29) is 11.5 Å². The van der Waals surface area contributed by atoms with E-state index in [1.165, 1.54) is 0 Å². The number of aliphatic imine (C=N–C) groups is 1. The molecule has 1 aliphatic heterocycles. The van der Waals surface area contributed by atoms with E-state index < -0.39 is 5.60 Å². The van der Waals surface area contributed by atoms with Crippen LogP contribution in [-0.2, 0) is 4.74 Å². The predicted octanol–water partition coefficient (Wildman–Crippen LogP) is 8.72. The number of hydrogen-bond donors (Lipinski definition) is 1. The molecule has 0 aromatic heterocycles. The van der Waals surface area contributed by atoms with E-state index in [9.17, 15) is 4.79 Å². The van der Waals surface area contributed by atoms with Crippen LogP contribution in [0.3, 0.4) is 0 Å².